The van der Waals surface area contributed by atoms with Crippen LogP contribution in [0.2, 0.25) is 10.0 Å². The first-order valence-electron chi connectivity index (χ1n) is 10.6. The Kier molecular flexibility index (Phi) is 7.00. The molecule has 0 radical (unpaired) electrons. The summed E-state index contributed by atoms with van der Waals surface area (Å²) in [5, 5.41) is 10.6. The summed E-state index contributed by atoms with van der Waals surface area (Å²) in [4.78, 5) is 19.5. The Hall–Kier alpha value is -2.51. The summed E-state index contributed by atoms with van der Waals surface area (Å²) in [5.41, 5.74) is 9.57. The zero-order chi connectivity index (χ0) is 23.7. The Balaban J connectivity index is 1.86. The molecule has 172 valence electrons. The number of aliphatic hydroxyl groups excluding tert-OH is 1. The van der Waals surface area contributed by atoms with Crippen LogP contribution < -0.4 is 5.73 Å². The molecule has 2 atom stereocenters. The lowest BCUT2D eigenvalue weighted by atomic mass is 9.92. The monoisotopic (exact) mass is 487 g/mol. The molecule has 0 aliphatic carbocycles. The molecular formula is C25H24Cl2FN3O2. The summed E-state index contributed by atoms with van der Waals surface area (Å²) in [6, 6.07) is 13.2. The van der Waals surface area contributed by atoms with Gasteiger partial charge in [0.15, 0.2) is 0 Å². The lowest BCUT2D eigenvalue weighted by molar-refractivity contribution is -0.118. The Bertz CT molecular complexity index is 1180. The maximum Gasteiger partial charge on any atom is 0.231 e. The summed E-state index contributed by atoms with van der Waals surface area (Å²) in [5.74, 6) is -1.93. The molecule has 2 heterocycles. The Morgan fingerprint density at radius 1 is 1.24 bits per heavy atom. The quantitative estimate of drug-likeness (QED) is 0.528. The van der Waals surface area contributed by atoms with Crippen molar-refractivity contribution in [2.45, 2.75) is 31.9 Å². The molecule has 5 nitrogen and oxygen atoms in total. The second-order valence-corrected chi connectivity index (χ2v) is 9.21. The topological polar surface area (TPSA) is 79.5 Å². The summed E-state index contributed by atoms with van der Waals surface area (Å²) < 4.78 is 13.7. The molecule has 4 rings (SSSR count). The number of aromatic nitrogens is 1. The molecule has 2 aromatic carbocycles. The fraction of sp³-hybridized carbons (Fsp3) is 0.280. The number of nitrogens with zero attached hydrogens (tertiary/aromatic N) is 2. The van der Waals surface area contributed by atoms with Crippen LogP contribution in [0.1, 0.15) is 34.7 Å². The normalized spacial score (nSPS) is 17.3. The van der Waals surface area contributed by atoms with Crippen molar-refractivity contribution in [1.29, 1.82) is 0 Å². The van der Waals surface area contributed by atoms with E-state index in [-0.39, 0.29) is 11.9 Å². The van der Waals surface area contributed by atoms with Crippen LogP contribution in [0.5, 0.6) is 0 Å². The third kappa shape index (κ3) is 5.20. The second kappa shape index (κ2) is 9.77. The number of carbonyl (C=O) groups excluding carboxylic acids is 1. The van der Waals surface area contributed by atoms with Crippen molar-refractivity contribution in [3.05, 3.63) is 86.8 Å². The molecule has 33 heavy (non-hydrogen) atoms. The molecule has 0 bridgehead atoms. The molecule has 0 saturated carbocycles. The van der Waals surface area contributed by atoms with Crippen LogP contribution in [0.25, 0.3) is 11.3 Å². The molecule has 1 saturated heterocycles. The smallest absolute Gasteiger partial charge is 0.231 e. The van der Waals surface area contributed by atoms with E-state index in [9.17, 15) is 14.3 Å². The lowest BCUT2D eigenvalue weighted by Crippen LogP contribution is -2.25. The van der Waals surface area contributed by atoms with Crippen molar-refractivity contribution >= 4 is 29.1 Å². The fourth-order valence-electron chi connectivity index (χ4n) is 4.34. The molecule has 3 N–H and O–H groups in total. The van der Waals surface area contributed by atoms with Crippen molar-refractivity contribution in [3.8, 4) is 11.3 Å². The average molecular weight is 488 g/mol. The van der Waals surface area contributed by atoms with Gasteiger partial charge in [-0.2, -0.15) is 0 Å². The van der Waals surface area contributed by atoms with Gasteiger partial charge in [-0.05, 0) is 66.9 Å². The molecule has 3 aromatic rings. The minimum Gasteiger partial charge on any atom is -0.392 e. The molecular weight excluding hydrogens is 464 g/mol. The third-order valence-electron chi connectivity index (χ3n) is 5.89. The van der Waals surface area contributed by atoms with E-state index >= 15 is 0 Å². The molecule has 2 unspecified atom stereocenters. The standard InChI is InChI=1S/C25H24Cl2FN3O2/c1-14-9-16(28)5-6-18(14)21-10-15(12-31-8-7-17(32)13-31)11-22(30-21)24(25(29)33)23-19(26)3-2-4-20(23)27/h2-6,9-11,17,24,32H,7-8,12-13H2,1H3,(H2,29,33). The first kappa shape index (κ1) is 23.6. The highest BCUT2D eigenvalue weighted by Crippen LogP contribution is 2.36. The number of nitrogens with two attached hydrogens (primary N) is 1. The molecule has 1 fully saturated rings. The number of aryl methyl sites for hydroxylation is 1. The van der Waals surface area contributed by atoms with Crippen LogP contribution in [-0.2, 0) is 11.3 Å². The molecule has 1 aliphatic heterocycles. The number of amides is 1. The highest BCUT2D eigenvalue weighted by atomic mass is 35.5. The first-order chi connectivity index (χ1) is 15.7. The number of pyridine rings is 1. The van der Waals surface area contributed by atoms with Crippen LogP contribution in [-0.4, -0.2) is 40.1 Å². The third-order valence-corrected chi connectivity index (χ3v) is 6.55. The van der Waals surface area contributed by atoms with Gasteiger partial charge in [-0.25, -0.2) is 4.39 Å². The van der Waals surface area contributed by atoms with Gasteiger partial charge in [0, 0.05) is 40.8 Å². The predicted molar refractivity (Wildman–Crippen MR) is 128 cm³/mol. The number of likely N-dealkylation sites (tertiary alicyclic amines) is 1. The van der Waals surface area contributed by atoms with Gasteiger partial charge >= 0.3 is 0 Å². The van der Waals surface area contributed by atoms with Gasteiger partial charge in [-0.15, -0.1) is 0 Å². The van der Waals surface area contributed by atoms with E-state index in [4.69, 9.17) is 33.9 Å². The predicted octanol–water partition coefficient (Wildman–Crippen LogP) is 4.69. The summed E-state index contributed by atoms with van der Waals surface area (Å²) in [6.45, 7) is 3.69. The summed E-state index contributed by atoms with van der Waals surface area (Å²) >= 11 is 12.8. The van der Waals surface area contributed by atoms with Crippen LogP contribution >= 0.6 is 23.2 Å². The van der Waals surface area contributed by atoms with Crippen molar-refractivity contribution in [1.82, 2.24) is 9.88 Å². The molecule has 1 aromatic heterocycles. The van der Waals surface area contributed by atoms with Crippen LogP contribution in [0.4, 0.5) is 4.39 Å². The SMILES string of the molecule is Cc1cc(F)ccc1-c1cc(CN2CCC(O)C2)cc(C(C(N)=O)c2c(Cl)cccc2Cl)n1. The van der Waals surface area contributed by atoms with Gasteiger partial charge in [0.05, 0.1) is 17.5 Å². The Labute approximate surface area is 202 Å². The highest BCUT2D eigenvalue weighted by Gasteiger charge is 2.28. The van der Waals surface area contributed by atoms with Crippen LogP contribution in [0.3, 0.4) is 0 Å². The van der Waals surface area contributed by atoms with Gasteiger partial charge in [0.1, 0.15) is 11.7 Å². The second-order valence-electron chi connectivity index (χ2n) is 8.39. The Morgan fingerprint density at radius 2 is 1.97 bits per heavy atom. The van der Waals surface area contributed by atoms with Gasteiger partial charge in [-0.1, -0.05) is 29.3 Å². The van der Waals surface area contributed by atoms with Crippen molar-refractivity contribution in [3.63, 3.8) is 0 Å². The number of primary amides is 1. The largest absolute Gasteiger partial charge is 0.392 e. The van der Waals surface area contributed by atoms with Gasteiger partial charge in [-0.3, -0.25) is 14.7 Å². The fourth-order valence-corrected chi connectivity index (χ4v) is 4.95. The van der Waals surface area contributed by atoms with Gasteiger partial charge < -0.3 is 10.8 Å². The number of benzene rings is 2. The number of hydrogen-bond donors (Lipinski definition) is 2. The minimum atomic E-state index is -0.963. The molecule has 8 heteroatoms. The summed E-state index contributed by atoms with van der Waals surface area (Å²) in [7, 11) is 0. The maximum atomic E-state index is 13.7. The van der Waals surface area contributed by atoms with E-state index in [0.717, 1.165) is 17.7 Å². The van der Waals surface area contributed by atoms with Gasteiger partial charge in [0.2, 0.25) is 5.91 Å². The van der Waals surface area contributed by atoms with E-state index in [1.54, 1.807) is 31.2 Å². The maximum absolute atomic E-state index is 13.7. The average Bonchev–Trinajstić information content (AvgIpc) is 3.14. The minimum absolute atomic E-state index is 0.320. The van der Waals surface area contributed by atoms with E-state index in [1.165, 1.54) is 12.1 Å². The van der Waals surface area contributed by atoms with Crippen LogP contribution in [0, 0.1) is 12.7 Å². The van der Waals surface area contributed by atoms with E-state index in [0.29, 0.717) is 52.1 Å². The van der Waals surface area contributed by atoms with Gasteiger partial charge in [0.25, 0.3) is 0 Å². The van der Waals surface area contributed by atoms with Crippen molar-refractivity contribution < 1.29 is 14.3 Å². The number of aliphatic hydroxyl groups is 1. The number of halogens is 3. The lowest BCUT2D eigenvalue weighted by Gasteiger charge is -2.21. The Morgan fingerprint density at radius 3 is 2.58 bits per heavy atom. The van der Waals surface area contributed by atoms with Crippen LogP contribution in [0.15, 0.2) is 48.5 Å². The van der Waals surface area contributed by atoms with E-state index in [1.807, 2.05) is 12.1 Å². The molecule has 0 spiro atoms. The van der Waals surface area contributed by atoms with Crippen molar-refractivity contribution in [2.24, 2.45) is 5.73 Å². The van der Waals surface area contributed by atoms with E-state index in [2.05, 4.69) is 4.90 Å². The zero-order valence-corrected chi connectivity index (χ0v) is 19.6. The number of hydrogen-bond acceptors (Lipinski definition) is 4. The number of rotatable bonds is 6. The number of β-amino-alcohol motifs (C(OH)–C–C–N with tert-alkyl or cyclic N) is 1. The van der Waals surface area contributed by atoms with E-state index < -0.39 is 11.8 Å². The molecule has 1 amide bonds. The first-order valence-corrected chi connectivity index (χ1v) is 11.4. The number of carbonyl (C=O) groups is 1. The molecule has 1 aliphatic rings. The summed E-state index contributed by atoms with van der Waals surface area (Å²) in [6.07, 6.45) is 0.353. The zero-order valence-electron chi connectivity index (χ0n) is 18.1. The van der Waals surface area contributed by atoms with Crippen molar-refractivity contribution in [2.75, 3.05) is 13.1 Å². The highest BCUT2D eigenvalue weighted by molar-refractivity contribution is 6.36.